The van der Waals surface area contributed by atoms with Gasteiger partial charge in [0.1, 0.15) is 0 Å². The molecule has 0 saturated heterocycles. The minimum absolute atomic E-state index is 0.000949. The first kappa shape index (κ1) is 14.5. The van der Waals surface area contributed by atoms with Gasteiger partial charge in [0.15, 0.2) is 0 Å². The molecule has 0 bridgehead atoms. The highest BCUT2D eigenvalue weighted by Crippen LogP contribution is 2.28. The molecule has 1 saturated carbocycles. The number of carbonyl (C=O) groups excluding carboxylic acids is 1. The lowest BCUT2D eigenvalue weighted by Gasteiger charge is -2.19. The van der Waals surface area contributed by atoms with Gasteiger partial charge in [-0.05, 0) is 52.9 Å². The fourth-order valence-corrected chi connectivity index (χ4v) is 3.89. The standard InChI is InChI=1S/C13H14Br3NO/c14-7-8-2-1-3-12(8)17-13(18)10-6-9(15)4-5-11(10)16/h4-6,8,12H,1-3,7H2,(H,17,18). The van der Waals surface area contributed by atoms with Gasteiger partial charge in [-0.15, -0.1) is 0 Å². The first-order chi connectivity index (χ1) is 8.61. The van der Waals surface area contributed by atoms with E-state index in [4.69, 9.17) is 0 Å². The van der Waals surface area contributed by atoms with E-state index < -0.39 is 0 Å². The first-order valence-electron chi connectivity index (χ1n) is 5.93. The van der Waals surface area contributed by atoms with Crippen LogP contribution in [0.4, 0.5) is 0 Å². The predicted molar refractivity (Wildman–Crippen MR) is 84.2 cm³/mol. The molecule has 5 heteroatoms. The highest BCUT2D eigenvalue weighted by Gasteiger charge is 2.28. The van der Waals surface area contributed by atoms with Crippen LogP contribution in [0.15, 0.2) is 27.1 Å². The Morgan fingerprint density at radius 1 is 1.33 bits per heavy atom. The van der Waals surface area contributed by atoms with Crippen LogP contribution >= 0.6 is 47.8 Å². The van der Waals surface area contributed by atoms with Crippen molar-refractivity contribution >= 4 is 53.7 Å². The second-order valence-corrected chi connectivity index (χ2v) is 6.97. The van der Waals surface area contributed by atoms with E-state index in [1.807, 2.05) is 18.2 Å². The molecular weight excluding hydrogens is 426 g/mol. The fourth-order valence-electron chi connectivity index (χ4n) is 2.33. The van der Waals surface area contributed by atoms with E-state index in [9.17, 15) is 4.79 Å². The number of hydrogen-bond donors (Lipinski definition) is 1. The number of rotatable bonds is 3. The highest BCUT2D eigenvalue weighted by molar-refractivity contribution is 9.11. The molecule has 0 spiro atoms. The summed E-state index contributed by atoms with van der Waals surface area (Å²) >= 11 is 10.3. The van der Waals surface area contributed by atoms with Gasteiger partial charge in [0.25, 0.3) is 5.91 Å². The van der Waals surface area contributed by atoms with Crippen molar-refractivity contribution in [3.05, 3.63) is 32.7 Å². The Hall–Kier alpha value is 0.130. The van der Waals surface area contributed by atoms with Gasteiger partial charge in [0.05, 0.1) is 5.56 Å². The zero-order chi connectivity index (χ0) is 13.1. The van der Waals surface area contributed by atoms with Crippen molar-refractivity contribution in [2.75, 3.05) is 5.33 Å². The van der Waals surface area contributed by atoms with Gasteiger partial charge in [-0.2, -0.15) is 0 Å². The SMILES string of the molecule is O=C(NC1CCCC1CBr)c1cc(Br)ccc1Br. The molecule has 1 aliphatic carbocycles. The third kappa shape index (κ3) is 3.36. The van der Waals surface area contributed by atoms with Crippen LogP contribution < -0.4 is 5.32 Å². The summed E-state index contributed by atoms with van der Waals surface area (Å²) in [5.41, 5.74) is 0.685. The van der Waals surface area contributed by atoms with Gasteiger partial charge < -0.3 is 5.32 Å². The van der Waals surface area contributed by atoms with Gasteiger partial charge in [0.2, 0.25) is 0 Å². The Labute approximate surface area is 132 Å². The van der Waals surface area contributed by atoms with E-state index in [0.717, 1.165) is 20.7 Å². The molecule has 0 aliphatic heterocycles. The number of amides is 1. The van der Waals surface area contributed by atoms with Crippen LogP contribution in [0.3, 0.4) is 0 Å². The van der Waals surface area contributed by atoms with Crippen molar-refractivity contribution < 1.29 is 4.79 Å². The molecule has 0 aromatic heterocycles. The molecule has 0 radical (unpaired) electrons. The van der Waals surface area contributed by atoms with Crippen LogP contribution in [0.5, 0.6) is 0 Å². The zero-order valence-corrected chi connectivity index (χ0v) is 14.5. The lowest BCUT2D eigenvalue weighted by Crippen LogP contribution is -2.38. The zero-order valence-electron chi connectivity index (χ0n) is 9.76. The van der Waals surface area contributed by atoms with E-state index in [-0.39, 0.29) is 5.91 Å². The highest BCUT2D eigenvalue weighted by atomic mass is 79.9. The van der Waals surface area contributed by atoms with Crippen LogP contribution in [-0.2, 0) is 0 Å². The molecule has 1 N–H and O–H groups in total. The minimum atomic E-state index is 0.000949. The Bertz CT molecular complexity index is 450. The maximum atomic E-state index is 12.3. The summed E-state index contributed by atoms with van der Waals surface area (Å²) in [6.07, 6.45) is 3.46. The van der Waals surface area contributed by atoms with E-state index in [1.54, 1.807) is 0 Å². The Morgan fingerprint density at radius 2 is 2.11 bits per heavy atom. The molecule has 1 aliphatic rings. The smallest absolute Gasteiger partial charge is 0.252 e. The number of hydrogen-bond acceptors (Lipinski definition) is 1. The summed E-state index contributed by atoms with van der Waals surface area (Å²) < 4.78 is 1.75. The summed E-state index contributed by atoms with van der Waals surface area (Å²) in [5.74, 6) is 0.556. The Morgan fingerprint density at radius 3 is 2.83 bits per heavy atom. The van der Waals surface area contributed by atoms with Crippen LogP contribution in [0.2, 0.25) is 0 Å². The van der Waals surface area contributed by atoms with E-state index in [0.29, 0.717) is 17.5 Å². The van der Waals surface area contributed by atoms with Gasteiger partial charge in [-0.3, -0.25) is 4.79 Å². The average Bonchev–Trinajstić information content (AvgIpc) is 2.79. The summed E-state index contributed by atoms with van der Waals surface area (Å²) in [5, 5.41) is 4.10. The molecule has 0 heterocycles. The maximum absolute atomic E-state index is 12.3. The lowest BCUT2D eigenvalue weighted by molar-refractivity contribution is 0.0929. The number of alkyl halides is 1. The molecule has 1 amide bonds. The van der Waals surface area contributed by atoms with E-state index >= 15 is 0 Å². The summed E-state index contributed by atoms with van der Waals surface area (Å²) in [4.78, 5) is 12.3. The van der Waals surface area contributed by atoms with E-state index in [1.165, 1.54) is 12.8 Å². The van der Waals surface area contributed by atoms with Crippen LogP contribution in [0.1, 0.15) is 29.6 Å². The van der Waals surface area contributed by atoms with E-state index in [2.05, 4.69) is 53.1 Å². The average molecular weight is 440 g/mol. The molecule has 1 aromatic carbocycles. The predicted octanol–water partition coefficient (Wildman–Crippen LogP) is 4.51. The molecule has 2 nitrogen and oxygen atoms in total. The number of carbonyl (C=O) groups is 1. The van der Waals surface area contributed by atoms with Crippen molar-refractivity contribution in [2.24, 2.45) is 5.92 Å². The molecular formula is C13H14Br3NO. The normalized spacial score (nSPS) is 23.1. The minimum Gasteiger partial charge on any atom is -0.349 e. The number of benzene rings is 1. The largest absolute Gasteiger partial charge is 0.349 e. The quantitative estimate of drug-likeness (QED) is 0.690. The number of halogens is 3. The summed E-state index contributed by atoms with van der Waals surface area (Å²) in [7, 11) is 0. The molecule has 2 unspecified atom stereocenters. The fraction of sp³-hybridized carbons (Fsp3) is 0.462. The second-order valence-electron chi connectivity index (χ2n) is 4.55. The molecule has 2 rings (SSSR count). The Kier molecular flexibility index (Phi) is 5.27. The monoisotopic (exact) mass is 437 g/mol. The second kappa shape index (κ2) is 6.53. The van der Waals surface area contributed by atoms with Crippen LogP contribution in [-0.4, -0.2) is 17.3 Å². The van der Waals surface area contributed by atoms with Crippen molar-refractivity contribution in [1.82, 2.24) is 5.32 Å². The van der Waals surface area contributed by atoms with Crippen molar-refractivity contribution in [2.45, 2.75) is 25.3 Å². The first-order valence-corrected chi connectivity index (χ1v) is 8.64. The van der Waals surface area contributed by atoms with Gasteiger partial charge >= 0.3 is 0 Å². The Balaban J connectivity index is 2.09. The lowest BCUT2D eigenvalue weighted by atomic mass is 10.1. The summed E-state index contributed by atoms with van der Waals surface area (Å²) in [6.45, 7) is 0. The molecule has 2 atom stereocenters. The maximum Gasteiger partial charge on any atom is 0.252 e. The van der Waals surface area contributed by atoms with Crippen LogP contribution in [0, 0.1) is 5.92 Å². The number of nitrogens with one attached hydrogen (secondary N) is 1. The van der Waals surface area contributed by atoms with Crippen molar-refractivity contribution in [3.63, 3.8) is 0 Å². The topological polar surface area (TPSA) is 29.1 Å². The van der Waals surface area contributed by atoms with Crippen molar-refractivity contribution in [3.8, 4) is 0 Å². The van der Waals surface area contributed by atoms with Gasteiger partial charge in [0, 0.05) is 20.3 Å². The molecule has 98 valence electrons. The van der Waals surface area contributed by atoms with Crippen LogP contribution in [0.25, 0.3) is 0 Å². The summed E-state index contributed by atoms with van der Waals surface area (Å²) in [6, 6.07) is 5.94. The molecule has 1 aromatic rings. The molecule has 1 fully saturated rings. The van der Waals surface area contributed by atoms with Gasteiger partial charge in [-0.1, -0.05) is 38.3 Å². The van der Waals surface area contributed by atoms with Crippen molar-refractivity contribution in [1.29, 1.82) is 0 Å². The third-order valence-corrected chi connectivity index (χ3v) is 5.36. The van der Waals surface area contributed by atoms with Gasteiger partial charge in [-0.25, -0.2) is 0 Å². The third-order valence-electron chi connectivity index (χ3n) is 3.35. The molecule has 18 heavy (non-hydrogen) atoms.